The van der Waals surface area contributed by atoms with Crippen LogP contribution in [0.4, 0.5) is 0 Å². The minimum Gasteiger partial charge on any atom is -0.0616 e. The second-order valence-corrected chi connectivity index (χ2v) is 4.94. The molecule has 0 aliphatic carbocycles. The lowest BCUT2D eigenvalue weighted by Crippen LogP contribution is -1.85. The van der Waals surface area contributed by atoms with Crippen LogP contribution in [0.15, 0.2) is 60.7 Å². The largest absolute Gasteiger partial charge is 0.0616 e. The lowest BCUT2D eigenvalue weighted by Gasteiger charge is -2.11. The van der Waals surface area contributed by atoms with Crippen molar-refractivity contribution in [2.45, 2.75) is 0 Å². The molecule has 0 bridgehead atoms. The van der Waals surface area contributed by atoms with Crippen LogP contribution in [0, 0.1) is 12.6 Å². The van der Waals surface area contributed by atoms with E-state index in [4.69, 9.17) is 6.58 Å². The van der Waals surface area contributed by atoms with Crippen molar-refractivity contribution in [3.63, 3.8) is 0 Å². The maximum atomic E-state index is 5.79. The van der Waals surface area contributed by atoms with Gasteiger partial charge < -0.3 is 0 Å². The van der Waals surface area contributed by atoms with E-state index in [-0.39, 0.29) is 0 Å². The summed E-state index contributed by atoms with van der Waals surface area (Å²) in [5, 5.41) is 7.45. The third-order valence-electron chi connectivity index (χ3n) is 3.90. The standard InChI is InChI=1S/C20H12/c1-2-14-8-7-13-19-17-10-4-3-9-15(17)16-11-5-6-12-18(16)20(14)19/h1-7,9-13H. The van der Waals surface area contributed by atoms with Crippen LogP contribution in [0.5, 0.6) is 0 Å². The predicted octanol–water partition coefficient (Wildman–Crippen LogP) is 5.39. The molecule has 0 spiro atoms. The van der Waals surface area contributed by atoms with Gasteiger partial charge in [-0.25, -0.2) is 0 Å². The van der Waals surface area contributed by atoms with Crippen molar-refractivity contribution < 1.29 is 0 Å². The Hall–Kier alpha value is -2.60. The summed E-state index contributed by atoms with van der Waals surface area (Å²) in [5.74, 6) is 0. The van der Waals surface area contributed by atoms with Gasteiger partial charge in [-0.1, -0.05) is 73.3 Å². The molecular formula is C20H12. The summed E-state index contributed by atoms with van der Waals surface area (Å²) < 4.78 is 0. The van der Waals surface area contributed by atoms with E-state index in [0.29, 0.717) is 0 Å². The zero-order chi connectivity index (χ0) is 13.5. The smallest absolute Gasteiger partial charge is 0.00201 e. The average molecular weight is 252 g/mol. The van der Waals surface area contributed by atoms with Crippen LogP contribution in [0.3, 0.4) is 0 Å². The highest BCUT2D eigenvalue weighted by molar-refractivity contribution is 6.26. The molecule has 2 radical (unpaired) electrons. The maximum absolute atomic E-state index is 5.79. The molecule has 0 aliphatic rings. The molecule has 0 heteroatoms. The molecular weight excluding hydrogens is 240 g/mol. The summed E-state index contributed by atoms with van der Waals surface area (Å²) in [4.78, 5) is 0. The van der Waals surface area contributed by atoms with Gasteiger partial charge in [0.25, 0.3) is 0 Å². The van der Waals surface area contributed by atoms with Crippen molar-refractivity contribution in [1.82, 2.24) is 0 Å². The van der Waals surface area contributed by atoms with E-state index >= 15 is 0 Å². The molecule has 4 rings (SSSR count). The molecule has 0 atom stereocenters. The number of hydrogen-bond donors (Lipinski definition) is 0. The molecule has 0 unspecified atom stereocenters. The summed E-state index contributed by atoms with van der Waals surface area (Å²) in [6.07, 6.45) is 1.64. The molecule has 0 heterocycles. The van der Waals surface area contributed by atoms with E-state index in [2.05, 4.69) is 60.7 Å². The Morgan fingerprint density at radius 1 is 0.700 bits per heavy atom. The highest BCUT2D eigenvalue weighted by atomic mass is 14.1. The second kappa shape index (κ2) is 4.21. The molecule has 0 aliphatic heterocycles. The fraction of sp³-hybridized carbons (Fsp3) is 0. The van der Waals surface area contributed by atoms with E-state index in [9.17, 15) is 0 Å². The summed E-state index contributed by atoms with van der Waals surface area (Å²) in [6, 6.07) is 24.3. The molecule has 4 aromatic carbocycles. The molecule has 0 N–H and O–H groups in total. The Labute approximate surface area is 118 Å². The highest BCUT2D eigenvalue weighted by Gasteiger charge is 2.09. The van der Waals surface area contributed by atoms with Gasteiger partial charge in [-0.05, 0) is 43.9 Å². The first-order valence-electron chi connectivity index (χ1n) is 6.69. The summed E-state index contributed by atoms with van der Waals surface area (Å²) in [6.45, 7) is 5.79. The molecule has 4 aromatic rings. The van der Waals surface area contributed by atoms with Crippen molar-refractivity contribution in [1.29, 1.82) is 0 Å². The van der Waals surface area contributed by atoms with Crippen LogP contribution < -0.4 is 0 Å². The van der Waals surface area contributed by atoms with Gasteiger partial charge in [0.1, 0.15) is 0 Å². The Balaban J connectivity index is 2.46. The molecule has 0 fully saturated rings. The Kier molecular flexibility index (Phi) is 2.37. The number of hydrogen-bond acceptors (Lipinski definition) is 0. The van der Waals surface area contributed by atoms with Crippen molar-refractivity contribution in [3.8, 4) is 0 Å². The van der Waals surface area contributed by atoms with Crippen molar-refractivity contribution in [2.24, 2.45) is 0 Å². The fourth-order valence-corrected chi connectivity index (χ4v) is 3.05. The minimum absolute atomic E-state index is 0.962. The van der Waals surface area contributed by atoms with Crippen LogP contribution >= 0.6 is 0 Å². The normalized spacial score (nSPS) is 11.2. The van der Waals surface area contributed by atoms with Gasteiger partial charge in [0.2, 0.25) is 0 Å². The van der Waals surface area contributed by atoms with Gasteiger partial charge in [-0.3, -0.25) is 0 Å². The first kappa shape index (κ1) is 11.2. The topological polar surface area (TPSA) is 0 Å². The van der Waals surface area contributed by atoms with E-state index in [1.54, 1.807) is 6.08 Å². The van der Waals surface area contributed by atoms with Crippen LogP contribution in [0.2, 0.25) is 0 Å². The summed E-state index contributed by atoms with van der Waals surface area (Å²) in [7, 11) is 0. The summed E-state index contributed by atoms with van der Waals surface area (Å²) >= 11 is 0. The molecule has 0 saturated carbocycles. The zero-order valence-corrected chi connectivity index (χ0v) is 10.9. The molecule has 0 amide bonds. The number of benzene rings is 4. The van der Waals surface area contributed by atoms with E-state index < -0.39 is 0 Å². The quantitative estimate of drug-likeness (QED) is 0.398. The van der Waals surface area contributed by atoms with E-state index in [0.717, 1.165) is 5.56 Å². The Bertz CT molecular complexity index is 916. The fourth-order valence-electron chi connectivity index (χ4n) is 3.05. The Morgan fingerprint density at radius 2 is 1.20 bits per heavy atom. The third-order valence-corrected chi connectivity index (χ3v) is 3.90. The zero-order valence-electron chi connectivity index (χ0n) is 10.9. The number of rotatable bonds is 1. The van der Waals surface area contributed by atoms with Crippen molar-refractivity contribution >= 4 is 38.4 Å². The first-order valence-corrected chi connectivity index (χ1v) is 6.69. The van der Waals surface area contributed by atoms with E-state index in [1.807, 2.05) is 6.07 Å². The number of fused-ring (bicyclic) bond motifs is 6. The average Bonchev–Trinajstić information content (AvgIpc) is 2.54. The molecule has 0 aromatic heterocycles. The monoisotopic (exact) mass is 252 g/mol. The highest BCUT2D eigenvalue weighted by Crippen LogP contribution is 2.36. The first-order chi connectivity index (χ1) is 9.90. The van der Waals surface area contributed by atoms with Gasteiger partial charge in [0.05, 0.1) is 0 Å². The van der Waals surface area contributed by atoms with Crippen LogP contribution in [0.1, 0.15) is 5.56 Å². The lowest BCUT2D eigenvalue weighted by atomic mass is 9.92. The van der Waals surface area contributed by atoms with Crippen LogP contribution in [0.25, 0.3) is 38.4 Å². The minimum atomic E-state index is 0.962. The molecule has 0 nitrogen and oxygen atoms in total. The maximum Gasteiger partial charge on any atom is -0.00201 e. The Morgan fingerprint density at radius 3 is 1.80 bits per heavy atom. The predicted molar refractivity (Wildman–Crippen MR) is 86.6 cm³/mol. The van der Waals surface area contributed by atoms with Crippen molar-refractivity contribution in [3.05, 3.63) is 78.9 Å². The van der Waals surface area contributed by atoms with Gasteiger partial charge >= 0.3 is 0 Å². The van der Waals surface area contributed by atoms with Gasteiger partial charge in [-0.15, -0.1) is 0 Å². The van der Waals surface area contributed by atoms with Gasteiger partial charge in [-0.2, -0.15) is 0 Å². The SMILES string of the molecule is [CH]=Cc1[c]ccc2c3ccccc3c3ccccc3c12. The van der Waals surface area contributed by atoms with Crippen LogP contribution in [-0.4, -0.2) is 0 Å². The molecule has 20 heavy (non-hydrogen) atoms. The summed E-state index contributed by atoms with van der Waals surface area (Å²) in [5.41, 5.74) is 0.962. The molecule has 92 valence electrons. The van der Waals surface area contributed by atoms with Gasteiger partial charge in [0, 0.05) is 0 Å². The van der Waals surface area contributed by atoms with E-state index in [1.165, 1.54) is 32.3 Å². The van der Waals surface area contributed by atoms with Crippen molar-refractivity contribution in [2.75, 3.05) is 0 Å². The molecule has 0 saturated heterocycles. The van der Waals surface area contributed by atoms with Crippen LogP contribution in [-0.2, 0) is 0 Å². The third kappa shape index (κ3) is 1.42. The van der Waals surface area contributed by atoms with Gasteiger partial charge in [0.15, 0.2) is 0 Å². The lowest BCUT2D eigenvalue weighted by molar-refractivity contribution is 1.73. The second-order valence-electron chi connectivity index (χ2n) is 4.94.